The Morgan fingerprint density at radius 1 is 1.21 bits per heavy atom. The number of hydrogen-bond donors (Lipinski definition) is 1. The standard InChI is InChI=1S/C14H16N4O/c1-14(2,3)18-9-10(8-15-18)16-13-17-11-6-4-5-7-12(11)19-13/h4-9H,1-3H3,(H,16,17). The Labute approximate surface area is 111 Å². The lowest BCUT2D eigenvalue weighted by molar-refractivity contribution is 0.355. The minimum absolute atomic E-state index is 0.0404. The van der Waals surface area contributed by atoms with Crippen LogP contribution in [0.5, 0.6) is 0 Å². The number of fused-ring (bicyclic) bond motifs is 1. The van der Waals surface area contributed by atoms with E-state index in [0.717, 1.165) is 16.8 Å². The number of aromatic nitrogens is 3. The van der Waals surface area contributed by atoms with Crippen LogP contribution in [-0.2, 0) is 5.54 Å². The van der Waals surface area contributed by atoms with Crippen molar-refractivity contribution in [1.29, 1.82) is 0 Å². The first-order chi connectivity index (χ1) is 9.02. The normalized spacial score (nSPS) is 11.9. The van der Waals surface area contributed by atoms with Gasteiger partial charge in [0, 0.05) is 6.20 Å². The van der Waals surface area contributed by atoms with Crippen LogP contribution < -0.4 is 5.32 Å². The highest BCUT2D eigenvalue weighted by Crippen LogP contribution is 2.22. The van der Waals surface area contributed by atoms with Crippen LogP contribution in [0.15, 0.2) is 41.1 Å². The lowest BCUT2D eigenvalue weighted by Crippen LogP contribution is -2.21. The van der Waals surface area contributed by atoms with Gasteiger partial charge in [-0.25, -0.2) is 0 Å². The number of hydrogen-bond acceptors (Lipinski definition) is 4. The molecule has 5 nitrogen and oxygen atoms in total. The maximum absolute atomic E-state index is 5.61. The smallest absolute Gasteiger partial charge is 0.300 e. The highest BCUT2D eigenvalue weighted by atomic mass is 16.4. The van der Waals surface area contributed by atoms with Crippen LogP contribution in [0, 0.1) is 0 Å². The lowest BCUT2D eigenvalue weighted by Gasteiger charge is -2.18. The van der Waals surface area contributed by atoms with E-state index in [9.17, 15) is 0 Å². The van der Waals surface area contributed by atoms with Gasteiger partial charge in [-0.05, 0) is 32.9 Å². The van der Waals surface area contributed by atoms with Crippen LogP contribution in [0.25, 0.3) is 11.1 Å². The zero-order valence-electron chi connectivity index (χ0n) is 11.2. The van der Waals surface area contributed by atoms with E-state index in [1.165, 1.54) is 0 Å². The largest absolute Gasteiger partial charge is 0.423 e. The molecule has 0 amide bonds. The maximum Gasteiger partial charge on any atom is 0.300 e. The van der Waals surface area contributed by atoms with E-state index in [-0.39, 0.29) is 5.54 Å². The minimum atomic E-state index is -0.0404. The molecule has 1 N–H and O–H groups in total. The summed E-state index contributed by atoms with van der Waals surface area (Å²) in [6.07, 6.45) is 3.70. The van der Waals surface area contributed by atoms with Crippen LogP contribution in [0.1, 0.15) is 20.8 Å². The first-order valence-electron chi connectivity index (χ1n) is 6.20. The van der Waals surface area contributed by atoms with Gasteiger partial charge >= 0.3 is 0 Å². The van der Waals surface area contributed by atoms with E-state index >= 15 is 0 Å². The number of benzene rings is 1. The topological polar surface area (TPSA) is 55.9 Å². The predicted octanol–water partition coefficient (Wildman–Crippen LogP) is 3.52. The van der Waals surface area contributed by atoms with E-state index in [2.05, 4.69) is 36.2 Å². The number of rotatable bonds is 2. The zero-order chi connectivity index (χ0) is 13.5. The molecule has 0 saturated heterocycles. The van der Waals surface area contributed by atoms with Gasteiger partial charge in [-0.1, -0.05) is 12.1 Å². The highest BCUT2D eigenvalue weighted by Gasteiger charge is 2.14. The molecule has 0 bridgehead atoms. The summed E-state index contributed by atoms with van der Waals surface area (Å²) in [7, 11) is 0. The molecule has 0 atom stereocenters. The summed E-state index contributed by atoms with van der Waals surface area (Å²) in [4.78, 5) is 4.36. The molecular formula is C14H16N4O. The number of nitrogens with one attached hydrogen (secondary N) is 1. The third kappa shape index (κ3) is 2.31. The van der Waals surface area contributed by atoms with E-state index in [0.29, 0.717) is 6.01 Å². The Morgan fingerprint density at radius 2 is 2.00 bits per heavy atom. The van der Waals surface area contributed by atoms with Gasteiger partial charge < -0.3 is 9.73 Å². The molecule has 0 unspecified atom stereocenters. The van der Waals surface area contributed by atoms with Crippen LogP contribution in [0.4, 0.5) is 11.7 Å². The number of para-hydroxylation sites is 2. The Kier molecular flexibility index (Phi) is 2.55. The Bertz CT molecular complexity index is 672. The molecular weight excluding hydrogens is 240 g/mol. The second kappa shape index (κ2) is 4.12. The fourth-order valence-corrected chi connectivity index (χ4v) is 1.80. The molecule has 3 rings (SSSR count). The predicted molar refractivity (Wildman–Crippen MR) is 74.5 cm³/mol. The third-order valence-corrected chi connectivity index (χ3v) is 2.82. The Morgan fingerprint density at radius 3 is 2.68 bits per heavy atom. The molecule has 0 aliphatic rings. The fourth-order valence-electron chi connectivity index (χ4n) is 1.80. The number of oxazole rings is 1. The summed E-state index contributed by atoms with van der Waals surface area (Å²) in [5.41, 5.74) is 2.43. The number of anilines is 2. The maximum atomic E-state index is 5.61. The fraction of sp³-hybridized carbons (Fsp3) is 0.286. The van der Waals surface area contributed by atoms with Gasteiger partial charge in [-0.3, -0.25) is 4.68 Å². The monoisotopic (exact) mass is 256 g/mol. The van der Waals surface area contributed by atoms with Crippen molar-refractivity contribution < 1.29 is 4.42 Å². The summed E-state index contributed by atoms with van der Waals surface area (Å²) in [6, 6.07) is 8.16. The Hall–Kier alpha value is -2.30. The molecule has 0 spiro atoms. The molecule has 0 radical (unpaired) electrons. The van der Waals surface area contributed by atoms with E-state index in [4.69, 9.17) is 4.42 Å². The molecule has 0 fully saturated rings. The second-order valence-corrected chi connectivity index (χ2v) is 5.46. The van der Waals surface area contributed by atoms with Gasteiger partial charge in [0.2, 0.25) is 0 Å². The minimum Gasteiger partial charge on any atom is -0.423 e. The average molecular weight is 256 g/mol. The van der Waals surface area contributed by atoms with Gasteiger partial charge in [0.15, 0.2) is 5.58 Å². The quantitative estimate of drug-likeness (QED) is 0.762. The van der Waals surface area contributed by atoms with E-state index in [1.807, 2.05) is 35.1 Å². The molecule has 19 heavy (non-hydrogen) atoms. The van der Waals surface area contributed by atoms with Gasteiger partial charge in [-0.2, -0.15) is 10.1 Å². The van der Waals surface area contributed by atoms with E-state index in [1.54, 1.807) is 6.20 Å². The second-order valence-electron chi connectivity index (χ2n) is 5.46. The van der Waals surface area contributed by atoms with Crippen LogP contribution >= 0.6 is 0 Å². The van der Waals surface area contributed by atoms with Crippen molar-refractivity contribution in [2.75, 3.05) is 5.32 Å². The van der Waals surface area contributed by atoms with Crippen LogP contribution in [0.2, 0.25) is 0 Å². The van der Waals surface area contributed by atoms with Crippen LogP contribution in [0.3, 0.4) is 0 Å². The summed E-state index contributed by atoms with van der Waals surface area (Å²) in [5.74, 6) is 0. The molecule has 5 heteroatoms. The van der Waals surface area contributed by atoms with Crippen molar-refractivity contribution in [3.8, 4) is 0 Å². The summed E-state index contributed by atoms with van der Waals surface area (Å²) in [5, 5.41) is 7.45. The van der Waals surface area contributed by atoms with Crippen molar-refractivity contribution in [1.82, 2.24) is 14.8 Å². The van der Waals surface area contributed by atoms with Gasteiger partial charge in [0.25, 0.3) is 6.01 Å². The number of nitrogens with zero attached hydrogens (tertiary/aromatic N) is 3. The molecule has 0 saturated carbocycles. The highest BCUT2D eigenvalue weighted by molar-refractivity contribution is 5.74. The van der Waals surface area contributed by atoms with E-state index < -0.39 is 0 Å². The Balaban J connectivity index is 1.86. The first kappa shape index (κ1) is 11.8. The molecule has 2 heterocycles. The van der Waals surface area contributed by atoms with Gasteiger partial charge in [0.05, 0.1) is 17.4 Å². The molecule has 98 valence electrons. The SMILES string of the molecule is CC(C)(C)n1cc(Nc2nc3ccccc3o2)cn1. The van der Waals surface area contributed by atoms with Gasteiger partial charge in [0.1, 0.15) is 5.52 Å². The molecule has 0 aliphatic carbocycles. The molecule has 2 aromatic heterocycles. The lowest BCUT2D eigenvalue weighted by atomic mass is 10.1. The van der Waals surface area contributed by atoms with Crippen molar-refractivity contribution in [2.24, 2.45) is 0 Å². The first-order valence-corrected chi connectivity index (χ1v) is 6.20. The molecule has 1 aromatic carbocycles. The molecule has 3 aromatic rings. The van der Waals surface area contributed by atoms with Crippen molar-refractivity contribution in [2.45, 2.75) is 26.3 Å². The zero-order valence-corrected chi connectivity index (χ0v) is 11.2. The van der Waals surface area contributed by atoms with Crippen LogP contribution in [-0.4, -0.2) is 14.8 Å². The summed E-state index contributed by atoms with van der Waals surface area (Å²) in [6.45, 7) is 6.30. The summed E-state index contributed by atoms with van der Waals surface area (Å²) >= 11 is 0. The van der Waals surface area contributed by atoms with Gasteiger partial charge in [-0.15, -0.1) is 0 Å². The third-order valence-electron chi connectivity index (χ3n) is 2.82. The average Bonchev–Trinajstić information content (AvgIpc) is 2.94. The molecule has 0 aliphatic heterocycles. The van der Waals surface area contributed by atoms with Crippen molar-refractivity contribution in [3.63, 3.8) is 0 Å². The van der Waals surface area contributed by atoms with Crippen molar-refractivity contribution in [3.05, 3.63) is 36.7 Å². The summed E-state index contributed by atoms with van der Waals surface area (Å²) < 4.78 is 7.51. The van der Waals surface area contributed by atoms with Crippen molar-refractivity contribution >= 4 is 22.8 Å².